The topological polar surface area (TPSA) is 198 Å². The zero-order chi connectivity index (χ0) is 53.2. The van der Waals surface area contributed by atoms with Crippen molar-refractivity contribution >= 4 is 56.5 Å². The van der Waals surface area contributed by atoms with E-state index in [4.69, 9.17) is 24.2 Å². The summed E-state index contributed by atoms with van der Waals surface area (Å²) in [6.07, 6.45) is 3.86. The lowest BCUT2D eigenvalue weighted by atomic mass is 9.91. The van der Waals surface area contributed by atoms with Gasteiger partial charge in [-0.1, -0.05) is 68.4 Å². The van der Waals surface area contributed by atoms with E-state index in [1.165, 1.54) is 4.90 Å². The Balaban J connectivity index is 0.694. The number of hydrogen-bond acceptors (Lipinski definition) is 16. The van der Waals surface area contributed by atoms with Crippen LogP contribution < -0.4 is 25.2 Å². The summed E-state index contributed by atoms with van der Waals surface area (Å²) in [6.45, 7) is 15.6. The minimum absolute atomic E-state index is 0.0335. The molecule has 77 heavy (non-hydrogen) atoms. The summed E-state index contributed by atoms with van der Waals surface area (Å²) >= 11 is 1.59. The number of thiazole rings is 1. The van der Waals surface area contributed by atoms with Crippen LogP contribution in [-0.2, 0) is 16.0 Å². The van der Waals surface area contributed by atoms with E-state index in [1.807, 2.05) is 81.7 Å². The highest BCUT2D eigenvalue weighted by Gasteiger charge is 2.45. The van der Waals surface area contributed by atoms with Crippen molar-refractivity contribution in [1.29, 1.82) is 0 Å². The molecule has 19 heteroatoms. The molecule has 12 rings (SSSR count). The minimum Gasteiger partial charge on any atom is -0.508 e. The number of ether oxygens (including phenoxy) is 1. The highest BCUT2D eigenvalue weighted by Crippen LogP contribution is 2.41. The maximum atomic E-state index is 17.2. The Labute approximate surface area is 450 Å². The second-order valence-corrected chi connectivity index (χ2v) is 23.1. The highest BCUT2D eigenvalue weighted by molar-refractivity contribution is 7.13. The lowest BCUT2D eigenvalue weighted by molar-refractivity contribution is -0.141. The van der Waals surface area contributed by atoms with Crippen molar-refractivity contribution in [3.8, 4) is 33.5 Å². The van der Waals surface area contributed by atoms with Gasteiger partial charge in [-0.05, 0) is 90.5 Å². The zero-order valence-corrected chi connectivity index (χ0v) is 45.0. The molecule has 17 nitrogen and oxygen atoms in total. The molecular formula is C58H66FN11O6S. The van der Waals surface area contributed by atoms with E-state index in [0.29, 0.717) is 65.4 Å². The van der Waals surface area contributed by atoms with Gasteiger partial charge in [0.15, 0.2) is 17.4 Å². The first kappa shape index (κ1) is 51.0. The number of amides is 2. The molecule has 402 valence electrons. The Morgan fingerprint density at radius 2 is 1.71 bits per heavy atom. The summed E-state index contributed by atoms with van der Waals surface area (Å²) in [4.78, 5) is 56.6. The minimum atomic E-state index is -0.833. The number of aryl methyl sites for hydroxylation is 2. The summed E-state index contributed by atoms with van der Waals surface area (Å²) in [5.41, 5.74) is 6.60. The number of nitrogens with one attached hydrogen (secondary N) is 2. The fourth-order valence-corrected chi connectivity index (χ4v) is 13.7. The molecule has 8 atom stereocenters. The number of benzene rings is 3. The number of rotatable bonds is 15. The summed E-state index contributed by atoms with van der Waals surface area (Å²) in [7, 11) is 0. The number of β-amino-alcohol motifs (C(OH)–C–C–N with tert-alkyl or cyclic N) is 1. The third kappa shape index (κ3) is 9.84. The molecule has 4 N–H and O–H groups in total. The molecule has 2 bridgehead atoms. The number of likely N-dealkylation sites (tertiary alicyclic amines) is 2. The molecule has 2 unspecified atom stereocenters. The van der Waals surface area contributed by atoms with Crippen LogP contribution in [0.5, 0.6) is 11.8 Å². The Morgan fingerprint density at radius 1 is 0.948 bits per heavy atom. The van der Waals surface area contributed by atoms with E-state index in [1.54, 1.807) is 29.7 Å². The van der Waals surface area contributed by atoms with E-state index in [9.17, 15) is 19.8 Å². The van der Waals surface area contributed by atoms with Crippen LogP contribution in [0.15, 0.2) is 76.9 Å². The van der Waals surface area contributed by atoms with Crippen LogP contribution in [0.1, 0.15) is 81.5 Å². The van der Waals surface area contributed by atoms with Gasteiger partial charge in [0.05, 0.1) is 33.6 Å². The first-order chi connectivity index (χ1) is 37.3. The first-order valence-corrected chi connectivity index (χ1v) is 28.1. The average Bonchev–Trinajstić information content (AvgIpc) is 4.32. The number of aromatic hydroxyl groups is 1. The second-order valence-electron chi connectivity index (χ2n) is 22.3. The molecule has 0 radical (unpaired) electrons. The van der Waals surface area contributed by atoms with Crippen LogP contribution in [0.25, 0.3) is 43.4 Å². The van der Waals surface area contributed by atoms with Gasteiger partial charge in [0.25, 0.3) is 0 Å². The normalized spacial score (nSPS) is 23.1. The lowest BCUT2D eigenvalue weighted by Crippen LogP contribution is -2.51. The predicted octanol–water partition coefficient (Wildman–Crippen LogP) is 7.64. The summed E-state index contributed by atoms with van der Waals surface area (Å²) < 4.78 is 29.5. The number of aliphatic hydroxyl groups is 1. The van der Waals surface area contributed by atoms with Crippen LogP contribution in [0, 0.1) is 30.5 Å². The van der Waals surface area contributed by atoms with Crippen LogP contribution in [0.4, 0.5) is 16.0 Å². The molecule has 0 spiro atoms. The van der Waals surface area contributed by atoms with E-state index in [0.717, 1.165) is 96.6 Å². The van der Waals surface area contributed by atoms with Gasteiger partial charge in [-0.25, -0.2) is 9.37 Å². The van der Waals surface area contributed by atoms with Gasteiger partial charge in [0.1, 0.15) is 41.3 Å². The van der Waals surface area contributed by atoms with Crippen LogP contribution in [0.3, 0.4) is 0 Å². The van der Waals surface area contributed by atoms with E-state index >= 15 is 4.39 Å². The number of phenolic OH excluding ortho intramolecular Hbond substituents is 1. The number of nitrogens with zero attached hydrogens (tertiary/aromatic N) is 9. The molecule has 7 aromatic rings. The van der Waals surface area contributed by atoms with Gasteiger partial charge in [-0.3, -0.25) is 19.5 Å². The fourth-order valence-electron chi connectivity index (χ4n) is 12.9. The number of anilines is 2. The van der Waals surface area contributed by atoms with Crippen molar-refractivity contribution < 1.29 is 33.5 Å². The number of piperazine rings is 1. The molecule has 5 saturated heterocycles. The monoisotopic (exact) mass is 1060 g/mol. The smallest absolute Gasteiger partial charge is 0.319 e. The third-order valence-corrected chi connectivity index (χ3v) is 17.7. The van der Waals surface area contributed by atoms with E-state index in [-0.39, 0.29) is 59.7 Å². The number of halogens is 1. The summed E-state index contributed by atoms with van der Waals surface area (Å²) in [6, 6.07) is 18.7. The maximum absolute atomic E-state index is 17.2. The summed E-state index contributed by atoms with van der Waals surface area (Å²) in [5.74, 6) is 0.479. The average molecular weight is 1060 g/mol. The van der Waals surface area contributed by atoms with Gasteiger partial charge in [0.2, 0.25) is 11.8 Å². The Bertz CT molecular complexity index is 3330. The first-order valence-electron chi connectivity index (χ1n) is 27.2. The third-order valence-electron chi connectivity index (χ3n) is 16.8. The van der Waals surface area contributed by atoms with Gasteiger partial charge < -0.3 is 44.8 Å². The second kappa shape index (κ2) is 20.9. The van der Waals surface area contributed by atoms with Gasteiger partial charge in [-0.2, -0.15) is 9.97 Å². The number of pyridine rings is 1. The number of hydrogen-bond donors (Lipinski definition) is 4. The van der Waals surface area contributed by atoms with Gasteiger partial charge in [0, 0.05) is 88.7 Å². The molecule has 3 aromatic carbocycles. The zero-order valence-electron chi connectivity index (χ0n) is 44.2. The maximum Gasteiger partial charge on any atom is 0.319 e. The van der Waals surface area contributed by atoms with Crippen LogP contribution in [0.2, 0.25) is 0 Å². The molecule has 0 aliphatic carbocycles. The molecule has 5 aliphatic heterocycles. The van der Waals surface area contributed by atoms with Crippen molar-refractivity contribution in [2.24, 2.45) is 17.8 Å². The number of carbonyl (C=O) groups is 2. The number of aliphatic hydroxyl groups excluding tert-OH is 1. The standard InChI is InChI=1S/C58H66FN11O6S/c1-6-34-8-7-9-37-18-42(71)19-44(50(34)37)52-51(59)53-45(22-60-52)55(69-27-40-14-15-41(28-69)63-40)65-58(64-53)75-17-16-67-23-38-25-68(26-39(38)24-67)48-21-47(76-66-48)49(31(2)3)57(74)70-29-43(72)20-46(70)56(73)62-32(4)35-10-12-36(13-11-35)54-33(5)61-30-77-54/h7-13,18-19,21-22,30-32,38-41,43,46,49,63,71-72H,6,14-17,20,23-29H2,1-5H3,(H,62,73)/t32-,38-,39+,40?,41?,43+,46-,49+/m0/s1. The van der Waals surface area contributed by atoms with Crippen LogP contribution in [-0.4, -0.2) is 140 Å². The van der Waals surface area contributed by atoms with Crippen molar-refractivity contribution in [3.05, 3.63) is 101 Å². The van der Waals surface area contributed by atoms with E-state index < -0.39 is 23.9 Å². The van der Waals surface area contributed by atoms with Crippen molar-refractivity contribution in [2.45, 2.75) is 96.5 Å². The molecule has 9 heterocycles. The molecular weight excluding hydrogens is 998 g/mol. The Morgan fingerprint density at radius 3 is 2.43 bits per heavy atom. The van der Waals surface area contributed by atoms with Gasteiger partial charge >= 0.3 is 6.01 Å². The van der Waals surface area contributed by atoms with Gasteiger partial charge in [-0.15, -0.1) is 11.3 Å². The predicted molar refractivity (Wildman–Crippen MR) is 294 cm³/mol. The number of fused-ring (bicyclic) bond motifs is 5. The van der Waals surface area contributed by atoms with E-state index in [2.05, 4.69) is 42.4 Å². The Hall–Kier alpha value is -6.80. The Kier molecular flexibility index (Phi) is 13.8. The van der Waals surface area contributed by atoms with Crippen molar-refractivity contribution in [2.75, 3.05) is 68.8 Å². The largest absolute Gasteiger partial charge is 0.508 e. The fraction of sp³-hybridized carbons (Fsp3) is 0.466. The number of aromatic nitrogens is 5. The molecule has 2 amide bonds. The van der Waals surface area contributed by atoms with Crippen molar-refractivity contribution in [3.63, 3.8) is 0 Å². The quantitative estimate of drug-likeness (QED) is 0.0781. The molecule has 5 fully saturated rings. The number of phenols is 1. The SMILES string of the molecule is CCc1cccc2cc(O)cc(-c3ncc4c(N5CC6CCC(C5)N6)nc(OCCN5C[C@@H]6CN(c7cc([C@H](C(=O)N8C[C@H](O)C[C@H]8C(=O)N[C@@H](C)c8ccc(-c9scnc9C)cc8)C(C)C)on7)C[C@@H]6C5)nc4c3F)c12. The summed E-state index contributed by atoms with van der Waals surface area (Å²) in [5, 5.41) is 35.1. The molecule has 4 aromatic heterocycles. The van der Waals surface area contributed by atoms with Crippen molar-refractivity contribution in [1.82, 2.24) is 45.5 Å². The highest BCUT2D eigenvalue weighted by atomic mass is 32.1. The number of carbonyl (C=O) groups excluding carboxylic acids is 2. The molecule has 0 saturated carbocycles. The lowest BCUT2D eigenvalue weighted by Gasteiger charge is -2.34. The van der Waals surface area contributed by atoms with Crippen LogP contribution >= 0.6 is 11.3 Å². The molecule has 5 aliphatic rings.